The molecule has 2 fully saturated rings. The summed E-state index contributed by atoms with van der Waals surface area (Å²) in [6.45, 7) is 3.85. The number of anilines is 2. The first-order chi connectivity index (χ1) is 14.6. The highest BCUT2D eigenvalue weighted by atomic mass is 16.7. The Bertz CT molecular complexity index is 1220. The molecule has 0 saturated carbocycles. The number of fused-ring (bicyclic) bond motifs is 3. The third kappa shape index (κ3) is 2.58. The zero-order valence-electron chi connectivity index (χ0n) is 16.9. The Labute approximate surface area is 172 Å². The quantitative estimate of drug-likeness (QED) is 0.708. The molecule has 3 aliphatic rings. The lowest BCUT2D eigenvalue weighted by atomic mass is 10.0. The van der Waals surface area contributed by atoms with Crippen LogP contribution in [0.5, 0.6) is 5.75 Å². The summed E-state index contributed by atoms with van der Waals surface area (Å²) in [6.07, 6.45) is 3.25. The second kappa shape index (κ2) is 6.55. The van der Waals surface area contributed by atoms with Gasteiger partial charge in [0, 0.05) is 25.1 Å². The number of aryl methyl sites for hydroxylation is 2. The molecular formula is C21H23N5O4. The van der Waals surface area contributed by atoms with Gasteiger partial charge in [-0.25, -0.2) is 9.78 Å². The highest BCUT2D eigenvalue weighted by Gasteiger charge is 2.44. The Morgan fingerprint density at radius 2 is 2.13 bits per heavy atom. The molecule has 1 aromatic carbocycles. The number of rotatable bonds is 3. The lowest BCUT2D eigenvalue weighted by molar-refractivity contribution is -0.0905. The van der Waals surface area contributed by atoms with E-state index in [4.69, 9.17) is 19.2 Å². The average Bonchev–Trinajstić information content (AvgIpc) is 3.49. The molecule has 9 nitrogen and oxygen atoms in total. The van der Waals surface area contributed by atoms with E-state index in [1.54, 1.807) is 22.4 Å². The smallest absolute Gasteiger partial charge is 0.330 e. The van der Waals surface area contributed by atoms with Gasteiger partial charge in [-0.1, -0.05) is 0 Å². The number of nitrogens with zero attached hydrogens (tertiary/aromatic N) is 4. The highest BCUT2D eigenvalue weighted by molar-refractivity contribution is 5.73. The molecule has 156 valence electrons. The molecule has 0 spiro atoms. The number of benzene rings is 1. The topological polar surface area (TPSA) is 92.4 Å². The predicted molar refractivity (Wildman–Crippen MR) is 109 cm³/mol. The molecule has 2 aromatic heterocycles. The van der Waals surface area contributed by atoms with Gasteiger partial charge < -0.3 is 19.5 Å². The van der Waals surface area contributed by atoms with E-state index in [0.717, 1.165) is 29.8 Å². The number of aromatic nitrogens is 4. The normalized spacial score (nSPS) is 24.8. The van der Waals surface area contributed by atoms with Gasteiger partial charge in [0.1, 0.15) is 11.3 Å². The monoisotopic (exact) mass is 409 g/mol. The van der Waals surface area contributed by atoms with Crippen LogP contribution in [-0.4, -0.2) is 45.2 Å². The molecule has 3 aliphatic heterocycles. The fourth-order valence-corrected chi connectivity index (χ4v) is 4.79. The first kappa shape index (κ1) is 17.9. The largest absolute Gasteiger partial charge is 0.493 e. The Morgan fingerprint density at radius 3 is 3.03 bits per heavy atom. The molecule has 3 aromatic rings. The predicted octanol–water partition coefficient (Wildman–Crippen LogP) is 2.05. The van der Waals surface area contributed by atoms with E-state index >= 15 is 0 Å². The van der Waals surface area contributed by atoms with Crippen molar-refractivity contribution in [3.63, 3.8) is 0 Å². The minimum absolute atomic E-state index is 0.0877. The van der Waals surface area contributed by atoms with E-state index in [0.29, 0.717) is 36.9 Å². The van der Waals surface area contributed by atoms with Crippen LogP contribution in [0.15, 0.2) is 23.1 Å². The Morgan fingerprint density at radius 1 is 1.23 bits per heavy atom. The van der Waals surface area contributed by atoms with Crippen LogP contribution >= 0.6 is 0 Å². The van der Waals surface area contributed by atoms with Gasteiger partial charge in [-0.2, -0.15) is 4.98 Å². The fraction of sp³-hybridized carbons (Fsp3) is 0.476. The van der Waals surface area contributed by atoms with Gasteiger partial charge in [0.2, 0.25) is 5.95 Å². The molecular weight excluding hydrogens is 386 g/mol. The van der Waals surface area contributed by atoms with Gasteiger partial charge in [0.15, 0.2) is 11.9 Å². The van der Waals surface area contributed by atoms with Crippen molar-refractivity contribution in [1.82, 2.24) is 19.1 Å². The third-order valence-electron chi connectivity index (χ3n) is 6.46. The van der Waals surface area contributed by atoms with Crippen molar-refractivity contribution in [3.05, 3.63) is 39.9 Å². The van der Waals surface area contributed by atoms with Gasteiger partial charge >= 0.3 is 5.69 Å². The van der Waals surface area contributed by atoms with Crippen LogP contribution in [-0.2, 0) is 22.9 Å². The highest BCUT2D eigenvalue weighted by Crippen LogP contribution is 2.39. The van der Waals surface area contributed by atoms with Crippen LogP contribution in [0.1, 0.15) is 23.6 Å². The summed E-state index contributed by atoms with van der Waals surface area (Å²) in [5.74, 6) is 1.57. The maximum Gasteiger partial charge on any atom is 0.330 e. The number of imidazole rings is 1. The first-order valence-electron chi connectivity index (χ1n) is 10.3. The van der Waals surface area contributed by atoms with E-state index in [1.807, 2.05) is 13.0 Å². The third-order valence-corrected chi connectivity index (χ3v) is 6.46. The van der Waals surface area contributed by atoms with Crippen LogP contribution in [0.2, 0.25) is 0 Å². The Balaban J connectivity index is 1.41. The van der Waals surface area contributed by atoms with Crippen LogP contribution in [0.4, 0.5) is 11.6 Å². The first-order valence-corrected chi connectivity index (χ1v) is 10.3. The minimum atomic E-state index is -0.229. The second-order valence-corrected chi connectivity index (χ2v) is 8.20. The van der Waals surface area contributed by atoms with Crippen molar-refractivity contribution >= 4 is 22.8 Å². The van der Waals surface area contributed by atoms with E-state index < -0.39 is 0 Å². The van der Waals surface area contributed by atoms with Gasteiger partial charge in [-0.15, -0.1) is 0 Å². The van der Waals surface area contributed by atoms with Gasteiger partial charge in [-0.05, 0) is 36.6 Å². The molecule has 9 heteroatoms. The van der Waals surface area contributed by atoms with Gasteiger partial charge in [-0.3, -0.25) is 9.13 Å². The van der Waals surface area contributed by atoms with Crippen LogP contribution < -0.4 is 15.7 Å². The molecule has 30 heavy (non-hydrogen) atoms. The second-order valence-electron chi connectivity index (χ2n) is 8.20. The van der Waals surface area contributed by atoms with Crippen molar-refractivity contribution in [3.8, 4) is 5.75 Å². The Hall–Kier alpha value is -2.91. The molecule has 2 saturated heterocycles. The van der Waals surface area contributed by atoms with Gasteiger partial charge in [0.05, 0.1) is 32.1 Å². The maximum atomic E-state index is 13.0. The molecule has 3 atom stereocenters. The summed E-state index contributed by atoms with van der Waals surface area (Å²) in [6, 6.07) is 4.04. The summed E-state index contributed by atoms with van der Waals surface area (Å²) in [5, 5.41) is 3.33. The van der Waals surface area contributed by atoms with Crippen LogP contribution in [0.3, 0.4) is 0 Å². The van der Waals surface area contributed by atoms with E-state index in [9.17, 15) is 4.79 Å². The van der Waals surface area contributed by atoms with E-state index in [-0.39, 0.29) is 23.9 Å². The summed E-state index contributed by atoms with van der Waals surface area (Å²) >= 11 is 0. The summed E-state index contributed by atoms with van der Waals surface area (Å²) in [7, 11) is 1.75. The van der Waals surface area contributed by atoms with Crippen molar-refractivity contribution in [1.29, 1.82) is 0 Å². The summed E-state index contributed by atoms with van der Waals surface area (Å²) < 4.78 is 20.4. The number of hydrogen-bond donors (Lipinski definition) is 1. The molecule has 0 bridgehead atoms. The summed E-state index contributed by atoms with van der Waals surface area (Å²) in [5.41, 5.74) is 4.38. The Kier molecular flexibility index (Phi) is 3.91. The standard InChI is InChI=1S/C21H23N5O4/c1-11-7-17-12(3-5-28-17)8-14(11)23-20-22-9-15-18(24-20)26(21(27)25(15)2)16-10-30-19-13(16)4-6-29-19/h7-9,13,16,19H,3-6,10H2,1-2H3,(H,22,23,24). The fourth-order valence-electron chi connectivity index (χ4n) is 4.79. The average molecular weight is 409 g/mol. The van der Waals surface area contributed by atoms with Crippen LogP contribution in [0, 0.1) is 12.8 Å². The zero-order chi connectivity index (χ0) is 20.4. The van der Waals surface area contributed by atoms with E-state index in [2.05, 4.69) is 16.4 Å². The molecule has 0 amide bonds. The number of nitrogens with one attached hydrogen (secondary N) is 1. The number of ether oxygens (including phenoxy) is 3. The van der Waals surface area contributed by atoms with Gasteiger partial charge in [0.25, 0.3) is 0 Å². The molecule has 6 rings (SSSR count). The SMILES string of the molecule is Cc1cc2c(cc1Nc1ncc3c(n1)n(C1COC4OCCC41)c(=O)n3C)CCO2. The molecule has 0 radical (unpaired) electrons. The van der Waals surface area contributed by atoms with E-state index in [1.165, 1.54) is 5.56 Å². The molecule has 3 unspecified atom stereocenters. The maximum absolute atomic E-state index is 13.0. The lowest BCUT2D eigenvalue weighted by Crippen LogP contribution is -2.30. The van der Waals surface area contributed by atoms with Crippen molar-refractivity contribution in [2.45, 2.75) is 32.1 Å². The number of hydrogen-bond acceptors (Lipinski definition) is 7. The molecule has 5 heterocycles. The zero-order valence-corrected chi connectivity index (χ0v) is 16.9. The van der Waals surface area contributed by atoms with Crippen molar-refractivity contribution in [2.75, 3.05) is 25.1 Å². The lowest BCUT2D eigenvalue weighted by Gasteiger charge is -2.16. The molecule has 1 N–H and O–H groups in total. The summed E-state index contributed by atoms with van der Waals surface area (Å²) in [4.78, 5) is 22.2. The van der Waals surface area contributed by atoms with Crippen molar-refractivity contribution in [2.24, 2.45) is 13.0 Å². The molecule has 0 aliphatic carbocycles. The minimum Gasteiger partial charge on any atom is -0.493 e. The van der Waals surface area contributed by atoms with Crippen molar-refractivity contribution < 1.29 is 14.2 Å². The van der Waals surface area contributed by atoms with Crippen LogP contribution in [0.25, 0.3) is 11.2 Å².